The Labute approximate surface area is 140 Å². The van der Waals surface area contributed by atoms with Crippen LogP contribution >= 0.6 is 0 Å². The topological polar surface area (TPSA) is 97.6 Å². The van der Waals surface area contributed by atoms with Gasteiger partial charge in [-0.05, 0) is 24.1 Å². The van der Waals surface area contributed by atoms with Crippen molar-refractivity contribution in [3.63, 3.8) is 0 Å². The van der Waals surface area contributed by atoms with E-state index in [-0.39, 0.29) is 11.5 Å². The maximum atomic E-state index is 12.2. The molecule has 24 heavy (non-hydrogen) atoms. The molecule has 1 aliphatic heterocycles. The standard InChI is InChI=1S/C15H20N4O4S/c1-3-16-24(20,21)12-5-4-11-6-7-19(13(11)8-12)9-14-17-15(10-22-2)23-18-14/h4-5,8,16H,3,6-7,9-10H2,1-2H3. The molecule has 1 aromatic carbocycles. The zero-order valence-corrected chi connectivity index (χ0v) is 14.5. The third-order valence-electron chi connectivity index (χ3n) is 3.80. The Balaban J connectivity index is 1.82. The first-order valence-electron chi connectivity index (χ1n) is 7.71. The highest BCUT2D eigenvalue weighted by atomic mass is 32.2. The van der Waals surface area contributed by atoms with Crippen molar-refractivity contribution in [1.29, 1.82) is 0 Å². The summed E-state index contributed by atoms with van der Waals surface area (Å²) in [7, 11) is -1.91. The molecule has 8 nitrogen and oxygen atoms in total. The highest BCUT2D eigenvalue weighted by Crippen LogP contribution is 2.31. The minimum Gasteiger partial charge on any atom is -0.375 e. The number of nitrogens with one attached hydrogen (secondary N) is 1. The Morgan fingerprint density at radius 3 is 3.00 bits per heavy atom. The van der Waals surface area contributed by atoms with Crippen LogP contribution in [0.15, 0.2) is 27.6 Å². The molecule has 3 rings (SSSR count). The second-order valence-electron chi connectivity index (χ2n) is 5.50. The number of nitrogens with zero attached hydrogens (tertiary/aromatic N) is 3. The van der Waals surface area contributed by atoms with Crippen molar-refractivity contribution in [2.75, 3.05) is 25.1 Å². The molecule has 0 amide bonds. The average molecular weight is 352 g/mol. The van der Waals surface area contributed by atoms with Crippen LogP contribution in [0.5, 0.6) is 0 Å². The molecule has 0 unspecified atom stereocenters. The number of ether oxygens (including phenoxy) is 1. The first kappa shape index (κ1) is 16.9. The van der Waals surface area contributed by atoms with Gasteiger partial charge in [0.1, 0.15) is 6.61 Å². The van der Waals surface area contributed by atoms with Crippen molar-refractivity contribution in [2.45, 2.75) is 31.4 Å². The normalized spacial score (nSPS) is 14.2. The third kappa shape index (κ3) is 3.42. The van der Waals surface area contributed by atoms with Crippen LogP contribution in [0, 0.1) is 0 Å². The van der Waals surface area contributed by atoms with Crippen molar-refractivity contribution in [3.8, 4) is 0 Å². The lowest BCUT2D eigenvalue weighted by Gasteiger charge is -2.18. The van der Waals surface area contributed by atoms with E-state index in [0.717, 1.165) is 24.2 Å². The second kappa shape index (κ2) is 6.88. The van der Waals surface area contributed by atoms with Gasteiger partial charge in [0.15, 0.2) is 5.82 Å². The van der Waals surface area contributed by atoms with Gasteiger partial charge in [-0.2, -0.15) is 4.98 Å². The molecule has 0 fully saturated rings. The van der Waals surface area contributed by atoms with E-state index in [1.165, 1.54) is 0 Å². The number of aromatic nitrogens is 2. The van der Waals surface area contributed by atoms with Crippen molar-refractivity contribution in [2.24, 2.45) is 0 Å². The van der Waals surface area contributed by atoms with E-state index >= 15 is 0 Å². The molecule has 0 aliphatic carbocycles. The predicted molar refractivity (Wildman–Crippen MR) is 87.1 cm³/mol. The van der Waals surface area contributed by atoms with Crippen LogP contribution in [0.2, 0.25) is 0 Å². The predicted octanol–water partition coefficient (Wildman–Crippen LogP) is 1.08. The SMILES string of the molecule is CCNS(=O)(=O)c1ccc2c(c1)N(Cc1noc(COC)n1)CC2. The van der Waals surface area contributed by atoms with E-state index in [4.69, 9.17) is 9.26 Å². The summed E-state index contributed by atoms with van der Waals surface area (Å²) in [6.45, 7) is 3.63. The van der Waals surface area contributed by atoms with Crippen LogP contribution in [-0.4, -0.2) is 38.8 Å². The first-order valence-corrected chi connectivity index (χ1v) is 9.19. The van der Waals surface area contributed by atoms with E-state index in [2.05, 4.69) is 19.8 Å². The molecule has 1 N–H and O–H groups in total. The molecular weight excluding hydrogens is 332 g/mol. The molecule has 0 saturated carbocycles. The van der Waals surface area contributed by atoms with Crippen LogP contribution in [-0.2, 0) is 34.3 Å². The molecule has 1 aromatic heterocycles. The summed E-state index contributed by atoms with van der Waals surface area (Å²) in [5.41, 5.74) is 2.01. The molecule has 0 spiro atoms. The minimum atomic E-state index is -3.47. The lowest BCUT2D eigenvalue weighted by molar-refractivity contribution is 0.151. The van der Waals surface area contributed by atoms with Crippen LogP contribution in [0.25, 0.3) is 0 Å². The average Bonchev–Trinajstić information content (AvgIpc) is 3.15. The van der Waals surface area contributed by atoms with Gasteiger partial charge in [0.25, 0.3) is 5.89 Å². The molecule has 0 saturated heterocycles. The van der Waals surface area contributed by atoms with Gasteiger partial charge < -0.3 is 14.2 Å². The minimum absolute atomic E-state index is 0.267. The van der Waals surface area contributed by atoms with Gasteiger partial charge in [0.2, 0.25) is 10.0 Å². The lowest BCUT2D eigenvalue weighted by Crippen LogP contribution is -2.24. The summed E-state index contributed by atoms with van der Waals surface area (Å²) in [6.07, 6.45) is 0.861. The maximum absolute atomic E-state index is 12.2. The zero-order valence-electron chi connectivity index (χ0n) is 13.7. The molecule has 130 valence electrons. The Kier molecular flexibility index (Phi) is 4.83. The van der Waals surface area contributed by atoms with Crippen molar-refractivity contribution < 1.29 is 17.7 Å². The lowest BCUT2D eigenvalue weighted by atomic mass is 10.2. The number of benzene rings is 1. The van der Waals surface area contributed by atoms with Crippen molar-refractivity contribution >= 4 is 15.7 Å². The number of anilines is 1. The fourth-order valence-electron chi connectivity index (χ4n) is 2.74. The van der Waals surface area contributed by atoms with Gasteiger partial charge in [-0.1, -0.05) is 18.1 Å². The highest BCUT2D eigenvalue weighted by molar-refractivity contribution is 7.89. The summed E-state index contributed by atoms with van der Waals surface area (Å²) in [6, 6.07) is 5.22. The van der Waals surface area contributed by atoms with Gasteiger partial charge in [-0.3, -0.25) is 0 Å². The number of fused-ring (bicyclic) bond motifs is 1. The smallest absolute Gasteiger partial charge is 0.252 e. The van der Waals surface area contributed by atoms with E-state index in [9.17, 15) is 8.42 Å². The summed E-state index contributed by atoms with van der Waals surface area (Å²) in [4.78, 5) is 6.59. The molecule has 0 bridgehead atoms. The molecule has 2 aromatic rings. The van der Waals surface area contributed by atoms with Crippen LogP contribution in [0.4, 0.5) is 5.69 Å². The van der Waals surface area contributed by atoms with E-state index in [1.807, 2.05) is 6.07 Å². The van der Waals surface area contributed by atoms with Gasteiger partial charge in [-0.25, -0.2) is 13.1 Å². The largest absolute Gasteiger partial charge is 0.375 e. The van der Waals surface area contributed by atoms with Gasteiger partial charge >= 0.3 is 0 Å². The summed E-state index contributed by atoms with van der Waals surface area (Å²) in [5.74, 6) is 0.977. The van der Waals surface area contributed by atoms with Gasteiger partial charge in [0.05, 0.1) is 11.4 Å². The number of methoxy groups -OCH3 is 1. The fourth-order valence-corrected chi connectivity index (χ4v) is 3.80. The number of hydrogen-bond donors (Lipinski definition) is 1. The Bertz CT molecular complexity index is 819. The fraction of sp³-hybridized carbons (Fsp3) is 0.467. The Hall–Kier alpha value is -1.97. The maximum Gasteiger partial charge on any atom is 0.252 e. The van der Waals surface area contributed by atoms with Gasteiger partial charge in [-0.15, -0.1) is 0 Å². The van der Waals surface area contributed by atoms with Crippen LogP contribution in [0.3, 0.4) is 0 Å². The zero-order chi connectivity index (χ0) is 17.2. The monoisotopic (exact) mass is 352 g/mol. The first-order chi connectivity index (χ1) is 11.5. The van der Waals surface area contributed by atoms with Gasteiger partial charge in [0, 0.05) is 25.9 Å². The number of hydrogen-bond acceptors (Lipinski definition) is 7. The quantitative estimate of drug-likeness (QED) is 0.796. The summed E-state index contributed by atoms with van der Waals surface area (Å²) >= 11 is 0. The van der Waals surface area contributed by atoms with Crippen LogP contribution in [0.1, 0.15) is 24.2 Å². The molecule has 0 atom stereocenters. The molecule has 1 aliphatic rings. The number of sulfonamides is 1. The second-order valence-corrected chi connectivity index (χ2v) is 7.27. The Morgan fingerprint density at radius 1 is 1.42 bits per heavy atom. The van der Waals surface area contributed by atoms with Crippen molar-refractivity contribution in [3.05, 3.63) is 35.5 Å². The van der Waals surface area contributed by atoms with E-state index in [0.29, 0.717) is 24.8 Å². The van der Waals surface area contributed by atoms with E-state index in [1.54, 1.807) is 26.2 Å². The Morgan fingerprint density at radius 2 is 2.25 bits per heavy atom. The highest BCUT2D eigenvalue weighted by Gasteiger charge is 2.24. The molecule has 2 heterocycles. The molecular formula is C15H20N4O4S. The summed E-state index contributed by atoms with van der Waals surface area (Å²) in [5, 5.41) is 3.93. The molecule has 0 radical (unpaired) electrons. The van der Waals surface area contributed by atoms with Crippen LogP contribution < -0.4 is 9.62 Å². The molecule has 9 heteroatoms. The summed E-state index contributed by atoms with van der Waals surface area (Å²) < 4.78 is 36.9. The van der Waals surface area contributed by atoms with Crippen molar-refractivity contribution in [1.82, 2.24) is 14.9 Å². The third-order valence-corrected chi connectivity index (χ3v) is 5.35. The number of rotatable bonds is 7. The van der Waals surface area contributed by atoms with E-state index < -0.39 is 10.0 Å².